The summed E-state index contributed by atoms with van der Waals surface area (Å²) in [6.07, 6.45) is 1.54. The van der Waals surface area contributed by atoms with E-state index in [4.69, 9.17) is 0 Å². The topological polar surface area (TPSA) is 30.7 Å². The highest BCUT2D eigenvalue weighted by Gasteiger charge is 2.19. The van der Waals surface area contributed by atoms with Crippen LogP contribution in [0.2, 0.25) is 0 Å². The number of hydrogen-bond donors (Lipinski definition) is 0. The molecule has 0 unspecified atom stereocenters. The van der Waals surface area contributed by atoms with Crippen LogP contribution in [0.25, 0.3) is 38.8 Å². The molecule has 0 saturated heterocycles. The van der Waals surface area contributed by atoms with Gasteiger partial charge in [-0.1, -0.05) is 30.3 Å². The van der Waals surface area contributed by atoms with Crippen LogP contribution < -0.4 is 0 Å². The summed E-state index contributed by atoms with van der Waals surface area (Å²) in [7, 11) is 0. The van der Waals surface area contributed by atoms with E-state index in [0.717, 1.165) is 11.6 Å². The Bertz CT molecular complexity index is 1330. The molecule has 0 bridgehead atoms. The van der Waals surface area contributed by atoms with E-state index in [1.54, 1.807) is 16.8 Å². The first-order valence-corrected chi connectivity index (χ1v) is 8.59. The lowest BCUT2D eigenvalue weighted by Gasteiger charge is -2.06. The van der Waals surface area contributed by atoms with Crippen LogP contribution in [-0.4, -0.2) is 14.8 Å². The molecular weight excluding hydrogens is 363 g/mol. The zero-order valence-electron chi connectivity index (χ0n) is 14.4. The van der Waals surface area contributed by atoms with Crippen LogP contribution in [-0.2, 0) is 0 Å². The fourth-order valence-corrected chi connectivity index (χ4v) is 3.40. The molecule has 0 atom stereocenters. The fourth-order valence-electron chi connectivity index (χ4n) is 3.40. The highest BCUT2D eigenvalue weighted by molar-refractivity contribution is 6.08. The van der Waals surface area contributed by atoms with Crippen LogP contribution in [0, 0.1) is 17.5 Å². The Labute approximate surface area is 157 Å². The maximum atomic E-state index is 14.3. The largest absolute Gasteiger partial charge is 0.252 e. The molecule has 2 heterocycles. The predicted molar refractivity (Wildman–Crippen MR) is 102 cm³/mol. The number of nitrogens with zero attached hydrogens (tertiary/aromatic N) is 3. The Kier molecular flexibility index (Phi) is 3.65. The lowest BCUT2D eigenvalue weighted by Crippen LogP contribution is -1.98. The molecule has 6 heteroatoms. The molecule has 0 saturated carbocycles. The second-order valence-electron chi connectivity index (χ2n) is 6.41. The smallest absolute Gasteiger partial charge is 0.152 e. The lowest BCUT2D eigenvalue weighted by molar-refractivity contribution is 0.590. The van der Waals surface area contributed by atoms with E-state index in [1.807, 2.05) is 30.3 Å². The van der Waals surface area contributed by atoms with Crippen LogP contribution >= 0.6 is 0 Å². The Hall–Kier alpha value is -3.67. The minimum absolute atomic E-state index is 0.0526. The summed E-state index contributed by atoms with van der Waals surface area (Å²) in [6.45, 7) is 0. The molecule has 5 rings (SSSR count). The normalized spacial score (nSPS) is 11.4. The molecule has 5 aromatic rings. The summed E-state index contributed by atoms with van der Waals surface area (Å²) in [5.74, 6) is -1.83. The third-order valence-electron chi connectivity index (χ3n) is 4.65. The van der Waals surface area contributed by atoms with E-state index in [9.17, 15) is 13.2 Å². The van der Waals surface area contributed by atoms with E-state index in [0.29, 0.717) is 27.7 Å². The second-order valence-corrected chi connectivity index (χ2v) is 6.41. The van der Waals surface area contributed by atoms with Crippen LogP contribution in [0.4, 0.5) is 13.2 Å². The molecule has 136 valence electrons. The lowest BCUT2D eigenvalue weighted by atomic mass is 10.1. The van der Waals surface area contributed by atoms with Gasteiger partial charge in [0, 0.05) is 28.6 Å². The van der Waals surface area contributed by atoms with Gasteiger partial charge in [0.05, 0.1) is 11.2 Å². The molecule has 0 aliphatic carbocycles. The van der Waals surface area contributed by atoms with Gasteiger partial charge in [-0.2, -0.15) is 5.10 Å². The number of hydrogen-bond acceptors (Lipinski definition) is 2. The molecule has 3 nitrogen and oxygen atoms in total. The van der Waals surface area contributed by atoms with Gasteiger partial charge in [0.2, 0.25) is 0 Å². The maximum absolute atomic E-state index is 14.3. The first-order chi connectivity index (χ1) is 13.6. The van der Waals surface area contributed by atoms with Gasteiger partial charge < -0.3 is 0 Å². The quantitative estimate of drug-likeness (QED) is 0.399. The number of pyridine rings is 1. The number of fused-ring (bicyclic) bond motifs is 3. The molecular formula is C22H12F3N3. The van der Waals surface area contributed by atoms with Gasteiger partial charge in [0.25, 0.3) is 0 Å². The van der Waals surface area contributed by atoms with Crippen LogP contribution in [0.1, 0.15) is 0 Å². The highest BCUT2D eigenvalue weighted by Crippen LogP contribution is 2.34. The van der Waals surface area contributed by atoms with Gasteiger partial charge in [-0.15, -0.1) is 0 Å². The van der Waals surface area contributed by atoms with Crippen LogP contribution in [0.15, 0.2) is 72.9 Å². The molecule has 0 aliphatic heterocycles. The fraction of sp³-hybridized carbons (Fsp3) is 0. The molecule has 0 radical (unpaired) electrons. The van der Waals surface area contributed by atoms with Gasteiger partial charge in [-0.3, -0.25) is 4.98 Å². The van der Waals surface area contributed by atoms with Crippen molar-refractivity contribution in [2.75, 3.05) is 0 Å². The minimum Gasteiger partial charge on any atom is -0.252 e. The highest BCUT2D eigenvalue weighted by atomic mass is 19.1. The molecule has 2 aromatic heterocycles. The number of halogens is 3. The van der Waals surface area contributed by atoms with Crippen molar-refractivity contribution >= 4 is 21.8 Å². The maximum Gasteiger partial charge on any atom is 0.152 e. The average molecular weight is 375 g/mol. The van der Waals surface area contributed by atoms with Gasteiger partial charge in [0.15, 0.2) is 5.82 Å². The van der Waals surface area contributed by atoms with Crippen LogP contribution in [0.3, 0.4) is 0 Å². The summed E-state index contributed by atoms with van der Waals surface area (Å²) < 4.78 is 43.3. The van der Waals surface area contributed by atoms with Crippen molar-refractivity contribution < 1.29 is 13.2 Å². The second kappa shape index (κ2) is 6.20. The van der Waals surface area contributed by atoms with E-state index in [2.05, 4.69) is 10.1 Å². The molecule has 0 spiro atoms. The van der Waals surface area contributed by atoms with Crippen molar-refractivity contribution in [3.8, 4) is 16.9 Å². The van der Waals surface area contributed by atoms with Gasteiger partial charge >= 0.3 is 0 Å². The monoisotopic (exact) mass is 375 g/mol. The number of rotatable bonds is 2. The minimum atomic E-state index is -0.745. The Morgan fingerprint density at radius 2 is 1.50 bits per heavy atom. The zero-order chi connectivity index (χ0) is 19.3. The van der Waals surface area contributed by atoms with Crippen molar-refractivity contribution in [2.45, 2.75) is 0 Å². The first kappa shape index (κ1) is 16.5. The first-order valence-electron chi connectivity index (χ1n) is 8.59. The van der Waals surface area contributed by atoms with Gasteiger partial charge in [-0.05, 0) is 30.3 Å². The van der Waals surface area contributed by atoms with E-state index < -0.39 is 11.6 Å². The van der Waals surface area contributed by atoms with Gasteiger partial charge in [0.1, 0.15) is 22.8 Å². The van der Waals surface area contributed by atoms with E-state index in [-0.39, 0.29) is 11.3 Å². The Morgan fingerprint density at radius 1 is 0.750 bits per heavy atom. The summed E-state index contributed by atoms with van der Waals surface area (Å²) >= 11 is 0. The van der Waals surface area contributed by atoms with E-state index in [1.165, 1.54) is 24.4 Å². The Morgan fingerprint density at radius 3 is 2.25 bits per heavy atom. The van der Waals surface area contributed by atoms with Crippen molar-refractivity contribution in [3.05, 3.63) is 90.4 Å². The standard InChI is InChI=1S/C22H12F3N3/c23-14-6-8-16(9-7-14)28-22-17-10-15(24)11-19(25)21(17)26-12-18(22)20(27-28)13-4-2-1-3-5-13/h1-12H. The SMILES string of the molecule is Fc1ccc(-n2nc(-c3ccccc3)c3cnc4c(F)cc(F)cc4c32)cc1. The summed E-state index contributed by atoms with van der Waals surface area (Å²) in [4.78, 5) is 4.20. The van der Waals surface area contributed by atoms with E-state index >= 15 is 0 Å². The van der Waals surface area contributed by atoms with Crippen molar-refractivity contribution in [1.29, 1.82) is 0 Å². The number of aromatic nitrogens is 3. The molecule has 0 amide bonds. The predicted octanol–water partition coefficient (Wildman–Crippen LogP) is 5.66. The molecule has 3 aromatic carbocycles. The molecule has 0 N–H and O–H groups in total. The average Bonchev–Trinajstić information content (AvgIpc) is 3.09. The van der Waals surface area contributed by atoms with Crippen molar-refractivity contribution in [3.63, 3.8) is 0 Å². The molecule has 0 aliphatic rings. The van der Waals surface area contributed by atoms with Crippen LogP contribution in [0.5, 0.6) is 0 Å². The summed E-state index contributed by atoms with van der Waals surface area (Å²) in [5.41, 5.74) is 2.60. The van der Waals surface area contributed by atoms with Crippen molar-refractivity contribution in [1.82, 2.24) is 14.8 Å². The number of benzene rings is 3. The van der Waals surface area contributed by atoms with Crippen molar-refractivity contribution in [2.24, 2.45) is 0 Å². The zero-order valence-corrected chi connectivity index (χ0v) is 14.4. The Balaban J connectivity index is 1.94. The molecule has 28 heavy (non-hydrogen) atoms. The third-order valence-corrected chi connectivity index (χ3v) is 4.65. The summed E-state index contributed by atoms with van der Waals surface area (Å²) in [5, 5.41) is 5.62. The third kappa shape index (κ3) is 2.53. The summed E-state index contributed by atoms with van der Waals surface area (Å²) in [6, 6.07) is 17.3. The van der Waals surface area contributed by atoms with Gasteiger partial charge in [-0.25, -0.2) is 17.9 Å². The molecule has 0 fully saturated rings.